The van der Waals surface area contributed by atoms with Crippen LogP contribution < -0.4 is 5.32 Å². The van der Waals surface area contributed by atoms with E-state index >= 15 is 0 Å². The molecule has 2 saturated carbocycles. The Morgan fingerprint density at radius 3 is 2.08 bits per heavy atom. The second-order valence-corrected chi connectivity index (χ2v) is 17.6. The van der Waals surface area contributed by atoms with Crippen molar-refractivity contribution in [3.63, 3.8) is 0 Å². The molecule has 5 N–H and O–H groups in total. The standard InChI is InChI=1S/C43H53NO14.CH4.B.H2/c1-22-26(55-37(51)32(48)30(24-15-11-9-12-16-24)44-38(52)58-39(3,4)5)20-43(53)35(56-36(50)25-17-13-10-14-18-25)33-41(8,34(49)31(47)29(22)40(43,6)7)27(46)19-28-42(33,21-54-28)57-23(2)45;;;/h9-18,26-28,30-33,35,46-48,53H,19-21H2,1-8H3,(H,44,52);1H4;;1H/t26-,27-,28?,30?,31+,32+,33-,35-,41+,42-,43?;;;/m0.../s1/i;;;1+1. The summed E-state index contributed by atoms with van der Waals surface area (Å²) < 4.78 is 29.5. The number of Topliss-reactive ketones (excluding diaryl/α,β-unsaturated/α-hetero) is 1. The molecule has 11 atom stereocenters. The normalized spacial score (nSPS) is 32.6. The van der Waals surface area contributed by atoms with Crippen LogP contribution in [0, 0.1) is 16.7 Å². The molecule has 15 nitrogen and oxygen atoms in total. The number of fused-ring (bicyclic) bond motifs is 5. The molecular formula is C44H59BNO14. The Bertz CT molecular complexity index is 1990. The number of carbonyl (C=O) groups is 5. The Morgan fingerprint density at radius 1 is 0.967 bits per heavy atom. The van der Waals surface area contributed by atoms with E-state index in [9.17, 15) is 44.4 Å². The molecule has 0 aromatic heterocycles. The van der Waals surface area contributed by atoms with Crippen LogP contribution in [0.25, 0.3) is 0 Å². The van der Waals surface area contributed by atoms with Crippen molar-refractivity contribution in [2.24, 2.45) is 16.7 Å². The van der Waals surface area contributed by atoms with Gasteiger partial charge in [-0.05, 0) is 63.5 Å². The molecule has 6 rings (SSSR count). The molecule has 4 aliphatic rings. The summed E-state index contributed by atoms with van der Waals surface area (Å²) in [7, 11) is 0. The van der Waals surface area contributed by atoms with Gasteiger partial charge in [0.15, 0.2) is 17.5 Å². The van der Waals surface area contributed by atoms with Gasteiger partial charge >= 0.3 is 24.0 Å². The summed E-state index contributed by atoms with van der Waals surface area (Å²) in [6.45, 7) is 11.8. The van der Waals surface area contributed by atoms with Gasteiger partial charge in [0.25, 0.3) is 0 Å². The maximum Gasteiger partial charge on any atom is 0.408 e. The van der Waals surface area contributed by atoms with E-state index in [0.717, 1.165) is 6.92 Å². The Hall–Kier alpha value is -4.61. The number of carbonyl (C=O) groups excluding carboxylic acids is 5. The number of ketones is 1. The van der Waals surface area contributed by atoms with Gasteiger partial charge in [0.2, 0.25) is 0 Å². The molecule has 327 valence electrons. The summed E-state index contributed by atoms with van der Waals surface area (Å²) in [5.74, 6) is -5.36. The number of alkyl carbamates (subject to hydrolysis) is 1. The molecule has 1 aliphatic heterocycles. The zero-order chi connectivity index (χ0) is 42.7. The zero-order valence-corrected chi connectivity index (χ0v) is 34.5. The fraction of sp³-hybridized carbons (Fsp3) is 0.568. The highest BCUT2D eigenvalue weighted by Gasteiger charge is 2.78. The van der Waals surface area contributed by atoms with E-state index in [4.69, 9.17) is 23.7 Å². The smallest absolute Gasteiger partial charge is 0.408 e. The predicted molar refractivity (Wildman–Crippen MR) is 218 cm³/mol. The number of amides is 1. The fourth-order valence-corrected chi connectivity index (χ4v) is 9.56. The van der Waals surface area contributed by atoms with Crippen LogP contribution >= 0.6 is 0 Å². The SMILES string of the molecule is C.CC(=O)O[C@@]12COC1C[C@H](O)[C@@]1(C)C(=O)[C@H](O)C3=C(C)[C@@H](OC(=O)[C@H](O)C(NC(=O)OC(C)(C)C)c4ccccc4)CC(O)([C@@H](OC(=O)c4ccccc4)[C@@H]12)C3(C)C.[2HH].[B]. The van der Waals surface area contributed by atoms with Gasteiger partial charge in [0.05, 0.1) is 35.6 Å². The minimum Gasteiger partial charge on any atom is -0.456 e. The molecule has 3 fully saturated rings. The van der Waals surface area contributed by atoms with Crippen molar-refractivity contribution in [1.82, 2.24) is 5.32 Å². The molecule has 1 amide bonds. The Kier molecular flexibility index (Phi) is 13.7. The summed E-state index contributed by atoms with van der Waals surface area (Å²) in [6.07, 6.45) is -11.5. The summed E-state index contributed by atoms with van der Waals surface area (Å²) >= 11 is 0. The van der Waals surface area contributed by atoms with E-state index in [1.54, 1.807) is 83.1 Å². The van der Waals surface area contributed by atoms with Gasteiger partial charge in [-0.2, -0.15) is 0 Å². The van der Waals surface area contributed by atoms with Gasteiger partial charge < -0.3 is 49.4 Å². The van der Waals surface area contributed by atoms with E-state index < -0.39 is 112 Å². The quantitative estimate of drug-likeness (QED) is 0.111. The predicted octanol–water partition coefficient (Wildman–Crippen LogP) is 3.76. The number of benzene rings is 2. The van der Waals surface area contributed by atoms with Crippen molar-refractivity contribution in [3.8, 4) is 0 Å². The first-order valence-corrected chi connectivity index (χ1v) is 19.3. The van der Waals surface area contributed by atoms with E-state index in [-0.39, 0.29) is 47.0 Å². The number of hydrogen-bond acceptors (Lipinski definition) is 14. The Balaban J connectivity index is 0.00000331. The van der Waals surface area contributed by atoms with Gasteiger partial charge in [0, 0.05) is 35.0 Å². The summed E-state index contributed by atoms with van der Waals surface area (Å²) in [4.78, 5) is 68.9. The largest absolute Gasteiger partial charge is 0.456 e. The van der Waals surface area contributed by atoms with Crippen molar-refractivity contribution in [1.29, 1.82) is 0 Å². The van der Waals surface area contributed by atoms with Crippen molar-refractivity contribution in [2.45, 2.75) is 135 Å². The molecule has 16 heteroatoms. The number of aliphatic hydroxyl groups excluding tert-OH is 3. The molecule has 2 aromatic rings. The average molecular weight is 838 g/mol. The van der Waals surface area contributed by atoms with Crippen molar-refractivity contribution < 1.29 is 69.5 Å². The lowest BCUT2D eigenvalue weighted by molar-refractivity contribution is -0.346. The van der Waals surface area contributed by atoms with Crippen molar-refractivity contribution in [3.05, 3.63) is 82.9 Å². The zero-order valence-electron chi connectivity index (χ0n) is 34.5. The maximum absolute atomic E-state index is 14.9. The first-order chi connectivity index (χ1) is 27.0. The molecular weight excluding hydrogens is 777 g/mol. The number of esters is 3. The van der Waals surface area contributed by atoms with Crippen LogP contribution in [0.5, 0.6) is 0 Å². The van der Waals surface area contributed by atoms with Crippen molar-refractivity contribution >= 4 is 38.2 Å². The summed E-state index contributed by atoms with van der Waals surface area (Å²) in [5, 5.41) is 51.6. The van der Waals surface area contributed by atoms with Crippen LogP contribution in [0.15, 0.2) is 71.8 Å². The van der Waals surface area contributed by atoms with Gasteiger partial charge in [-0.15, -0.1) is 0 Å². The van der Waals surface area contributed by atoms with Crippen LogP contribution in [0.4, 0.5) is 4.79 Å². The molecule has 0 spiro atoms. The number of hydrogen-bond donors (Lipinski definition) is 5. The Labute approximate surface area is 353 Å². The van der Waals surface area contributed by atoms with Crippen molar-refractivity contribution in [2.75, 3.05) is 6.61 Å². The highest BCUT2D eigenvalue weighted by atomic mass is 16.6. The maximum atomic E-state index is 14.9. The number of aliphatic hydroxyl groups is 4. The third-order valence-electron chi connectivity index (χ3n) is 12.6. The highest BCUT2D eigenvalue weighted by molar-refractivity contribution is 5.94. The molecule has 2 bridgehead atoms. The molecule has 1 saturated heterocycles. The monoisotopic (exact) mass is 837 g/mol. The van der Waals surface area contributed by atoms with Gasteiger partial charge in [-0.25, -0.2) is 14.4 Å². The Morgan fingerprint density at radius 2 is 1.55 bits per heavy atom. The molecule has 60 heavy (non-hydrogen) atoms. The lowest BCUT2D eigenvalue weighted by atomic mass is 9.44. The summed E-state index contributed by atoms with van der Waals surface area (Å²) in [6, 6.07) is 14.6. The van der Waals surface area contributed by atoms with Crippen LogP contribution in [0.1, 0.15) is 99.0 Å². The highest BCUT2D eigenvalue weighted by Crippen LogP contribution is 2.64. The lowest BCUT2D eigenvalue weighted by Gasteiger charge is -2.67. The van der Waals surface area contributed by atoms with Gasteiger partial charge in [0.1, 0.15) is 35.6 Å². The second-order valence-electron chi connectivity index (χ2n) is 17.6. The van der Waals surface area contributed by atoms with Gasteiger partial charge in [-0.3, -0.25) is 9.59 Å². The first-order valence-electron chi connectivity index (χ1n) is 19.3. The van der Waals surface area contributed by atoms with E-state index in [1.807, 2.05) is 0 Å². The molecule has 3 radical (unpaired) electrons. The van der Waals surface area contributed by atoms with Crippen LogP contribution in [0.3, 0.4) is 0 Å². The minimum absolute atomic E-state index is 0. The van der Waals surface area contributed by atoms with Gasteiger partial charge in [-0.1, -0.05) is 69.8 Å². The fourth-order valence-electron chi connectivity index (χ4n) is 9.56. The lowest BCUT2D eigenvalue weighted by Crippen LogP contribution is -2.81. The first kappa shape index (κ1) is 48.1. The topological polar surface area (TPSA) is 224 Å². The molecule has 3 aliphatic carbocycles. The van der Waals surface area contributed by atoms with E-state index in [1.165, 1.54) is 26.0 Å². The third kappa shape index (κ3) is 8.00. The van der Waals surface area contributed by atoms with Crippen LogP contribution in [-0.4, -0.2) is 119 Å². The summed E-state index contributed by atoms with van der Waals surface area (Å²) in [5.41, 5.74) is -8.14. The third-order valence-corrected chi connectivity index (χ3v) is 12.6. The number of nitrogens with one attached hydrogen (secondary N) is 1. The second kappa shape index (κ2) is 17.0. The van der Waals surface area contributed by atoms with E-state index in [0.29, 0.717) is 5.56 Å². The van der Waals surface area contributed by atoms with Crippen LogP contribution in [-0.2, 0) is 38.1 Å². The molecule has 2 aromatic carbocycles. The molecule has 3 unspecified atom stereocenters. The number of rotatable bonds is 8. The minimum atomic E-state index is -2.35. The average Bonchev–Trinajstić information content (AvgIpc) is 3.14. The van der Waals surface area contributed by atoms with E-state index in [2.05, 4.69) is 5.32 Å². The molecule has 1 heterocycles. The van der Waals surface area contributed by atoms with Crippen LogP contribution in [0.2, 0.25) is 0 Å². The number of ether oxygens (including phenoxy) is 5.